The summed E-state index contributed by atoms with van der Waals surface area (Å²) in [5, 5.41) is 0. The van der Waals surface area contributed by atoms with Crippen LogP contribution in [0.15, 0.2) is 0 Å². The normalized spacial score (nSPS) is 26.7. The van der Waals surface area contributed by atoms with Crippen LogP contribution >= 0.6 is 0 Å². The van der Waals surface area contributed by atoms with E-state index in [0.29, 0.717) is 26.2 Å². The first-order valence-electron chi connectivity index (χ1n) is 8.18. The SMILES string of the molecule is C[C@H]1CC[C@@H](C(=O)N2CCCN(C(=O)OC(C)(C)C)CC2)O1. The Morgan fingerprint density at radius 2 is 1.68 bits per heavy atom. The maximum atomic E-state index is 12.5. The number of ether oxygens (including phenoxy) is 2. The van der Waals surface area contributed by atoms with Gasteiger partial charge >= 0.3 is 6.09 Å². The molecule has 0 spiro atoms. The molecule has 2 aliphatic rings. The van der Waals surface area contributed by atoms with Crippen LogP contribution in [0.2, 0.25) is 0 Å². The van der Waals surface area contributed by atoms with E-state index in [4.69, 9.17) is 9.47 Å². The van der Waals surface area contributed by atoms with Gasteiger partial charge in [0.2, 0.25) is 0 Å². The number of carbonyl (C=O) groups excluding carboxylic acids is 2. The molecule has 126 valence electrons. The van der Waals surface area contributed by atoms with Gasteiger partial charge in [-0.3, -0.25) is 4.79 Å². The highest BCUT2D eigenvalue weighted by molar-refractivity contribution is 5.81. The van der Waals surface area contributed by atoms with Gasteiger partial charge in [-0.15, -0.1) is 0 Å². The molecule has 0 N–H and O–H groups in total. The van der Waals surface area contributed by atoms with Crippen molar-refractivity contribution in [3.05, 3.63) is 0 Å². The van der Waals surface area contributed by atoms with Crippen LogP contribution in [0.1, 0.15) is 47.0 Å². The molecule has 0 radical (unpaired) electrons. The molecule has 2 heterocycles. The Balaban J connectivity index is 1.87. The van der Waals surface area contributed by atoms with Crippen molar-refractivity contribution < 1.29 is 19.1 Å². The molecule has 2 fully saturated rings. The van der Waals surface area contributed by atoms with Crippen LogP contribution in [-0.2, 0) is 14.3 Å². The summed E-state index contributed by atoms with van der Waals surface area (Å²) in [6.07, 6.45) is 2.07. The largest absolute Gasteiger partial charge is 0.444 e. The molecule has 0 aromatic heterocycles. The van der Waals surface area contributed by atoms with Crippen LogP contribution < -0.4 is 0 Å². The van der Waals surface area contributed by atoms with Crippen LogP contribution in [0, 0.1) is 0 Å². The molecule has 6 nitrogen and oxygen atoms in total. The first-order valence-corrected chi connectivity index (χ1v) is 8.18. The highest BCUT2D eigenvalue weighted by Crippen LogP contribution is 2.21. The number of nitrogens with zero attached hydrogens (tertiary/aromatic N) is 2. The second-order valence-electron chi connectivity index (χ2n) is 7.16. The van der Waals surface area contributed by atoms with Gasteiger partial charge in [-0.25, -0.2) is 4.79 Å². The van der Waals surface area contributed by atoms with Gasteiger partial charge in [0.25, 0.3) is 5.91 Å². The van der Waals surface area contributed by atoms with E-state index in [0.717, 1.165) is 19.3 Å². The van der Waals surface area contributed by atoms with Crippen molar-refractivity contribution in [2.75, 3.05) is 26.2 Å². The molecule has 2 saturated heterocycles. The third-order valence-corrected chi connectivity index (χ3v) is 3.97. The minimum absolute atomic E-state index is 0.0652. The van der Waals surface area contributed by atoms with E-state index in [2.05, 4.69) is 0 Å². The second-order valence-corrected chi connectivity index (χ2v) is 7.16. The van der Waals surface area contributed by atoms with Gasteiger partial charge in [-0.05, 0) is 47.0 Å². The zero-order valence-corrected chi connectivity index (χ0v) is 14.1. The Kier molecular flexibility index (Phi) is 5.32. The summed E-state index contributed by atoms with van der Waals surface area (Å²) in [6.45, 7) is 9.94. The maximum Gasteiger partial charge on any atom is 0.410 e. The zero-order valence-electron chi connectivity index (χ0n) is 14.1. The Hall–Kier alpha value is -1.30. The van der Waals surface area contributed by atoms with Crippen LogP contribution in [0.5, 0.6) is 0 Å². The molecule has 0 aromatic rings. The van der Waals surface area contributed by atoms with Crippen LogP contribution in [-0.4, -0.2) is 65.8 Å². The van der Waals surface area contributed by atoms with Gasteiger partial charge in [0.15, 0.2) is 0 Å². The molecule has 0 bridgehead atoms. The summed E-state index contributed by atoms with van der Waals surface area (Å²) >= 11 is 0. The van der Waals surface area contributed by atoms with E-state index in [1.165, 1.54) is 0 Å². The van der Waals surface area contributed by atoms with Crippen molar-refractivity contribution in [2.24, 2.45) is 0 Å². The van der Waals surface area contributed by atoms with E-state index in [1.807, 2.05) is 32.6 Å². The minimum Gasteiger partial charge on any atom is -0.444 e. The van der Waals surface area contributed by atoms with Crippen LogP contribution in [0.3, 0.4) is 0 Å². The number of amides is 2. The van der Waals surface area contributed by atoms with E-state index in [1.54, 1.807) is 4.90 Å². The van der Waals surface area contributed by atoms with Crippen molar-refractivity contribution in [2.45, 2.75) is 64.8 Å². The lowest BCUT2D eigenvalue weighted by Gasteiger charge is -2.27. The van der Waals surface area contributed by atoms with Gasteiger partial charge in [0.05, 0.1) is 6.10 Å². The molecule has 22 heavy (non-hydrogen) atoms. The summed E-state index contributed by atoms with van der Waals surface area (Å²) in [4.78, 5) is 28.1. The van der Waals surface area contributed by atoms with Crippen molar-refractivity contribution in [1.82, 2.24) is 9.80 Å². The third kappa shape index (κ3) is 4.60. The number of rotatable bonds is 1. The quantitative estimate of drug-likeness (QED) is 0.743. The second kappa shape index (κ2) is 6.86. The smallest absolute Gasteiger partial charge is 0.410 e. The van der Waals surface area contributed by atoms with E-state index in [9.17, 15) is 9.59 Å². The lowest BCUT2D eigenvalue weighted by atomic mass is 10.2. The molecule has 0 aromatic carbocycles. The average molecular weight is 312 g/mol. The minimum atomic E-state index is -0.493. The summed E-state index contributed by atoms with van der Waals surface area (Å²) in [5.41, 5.74) is -0.493. The van der Waals surface area contributed by atoms with Crippen LogP contribution in [0.4, 0.5) is 4.79 Å². The number of hydrogen-bond donors (Lipinski definition) is 0. The molecule has 0 saturated carbocycles. The number of hydrogen-bond acceptors (Lipinski definition) is 4. The summed E-state index contributed by atoms with van der Waals surface area (Å²) < 4.78 is 11.1. The molecule has 6 heteroatoms. The predicted octanol–water partition coefficient (Wildman–Crippen LogP) is 2.02. The lowest BCUT2D eigenvalue weighted by Crippen LogP contribution is -2.42. The fourth-order valence-electron chi connectivity index (χ4n) is 2.83. The molecular weight excluding hydrogens is 284 g/mol. The summed E-state index contributed by atoms with van der Waals surface area (Å²) in [5.74, 6) is 0.0652. The highest BCUT2D eigenvalue weighted by Gasteiger charge is 2.33. The predicted molar refractivity (Wildman–Crippen MR) is 82.6 cm³/mol. The van der Waals surface area contributed by atoms with Crippen molar-refractivity contribution >= 4 is 12.0 Å². The van der Waals surface area contributed by atoms with Gasteiger partial charge < -0.3 is 19.3 Å². The molecule has 2 amide bonds. The zero-order chi connectivity index (χ0) is 16.3. The standard InChI is InChI=1S/C16H28N2O4/c1-12-6-7-13(21-12)14(19)17-8-5-9-18(11-10-17)15(20)22-16(2,3)4/h12-13H,5-11H2,1-4H3/t12-,13-/m0/s1. The maximum absolute atomic E-state index is 12.5. The van der Waals surface area contributed by atoms with E-state index < -0.39 is 5.60 Å². The van der Waals surface area contributed by atoms with Crippen molar-refractivity contribution in [1.29, 1.82) is 0 Å². The van der Waals surface area contributed by atoms with Gasteiger partial charge in [-0.1, -0.05) is 0 Å². The van der Waals surface area contributed by atoms with Gasteiger partial charge in [0, 0.05) is 26.2 Å². The Morgan fingerprint density at radius 3 is 2.27 bits per heavy atom. The van der Waals surface area contributed by atoms with Crippen LogP contribution in [0.25, 0.3) is 0 Å². The van der Waals surface area contributed by atoms with E-state index >= 15 is 0 Å². The van der Waals surface area contributed by atoms with Gasteiger partial charge in [-0.2, -0.15) is 0 Å². The van der Waals surface area contributed by atoms with Crippen molar-refractivity contribution in [3.8, 4) is 0 Å². The molecule has 0 aliphatic carbocycles. The summed E-state index contributed by atoms with van der Waals surface area (Å²) in [7, 11) is 0. The number of carbonyl (C=O) groups is 2. The molecule has 2 rings (SSSR count). The Bertz CT molecular complexity index is 419. The summed E-state index contributed by atoms with van der Waals surface area (Å²) in [6, 6.07) is 0. The Morgan fingerprint density at radius 1 is 1.05 bits per heavy atom. The monoisotopic (exact) mass is 312 g/mol. The molecular formula is C16H28N2O4. The first kappa shape index (κ1) is 17.1. The molecule has 2 aliphatic heterocycles. The first-order chi connectivity index (χ1) is 10.3. The van der Waals surface area contributed by atoms with E-state index in [-0.39, 0.29) is 24.2 Å². The Labute approximate surface area is 132 Å². The topological polar surface area (TPSA) is 59.1 Å². The molecule has 2 atom stereocenters. The fourth-order valence-corrected chi connectivity index (χ4v) is 2.83. The average Bonchev–Trinajstić information content (AvgIpc) is 2.70. The molecule has 0 unspecified atom stereocenters. The van der Waals surface area contributed by atoms with Crippen molar-refractivity contribution in [3.63, 3.8) is 0 Å². The fraction of sp³-hybridized carbons (Fsp3) is 0.875. The third-order valence-electron chi connectivity index (χ3n) is 3.97. The highest BCUT2D eigenvalue weighted by atomic mass is 16.6. The lowest BCUT2D eigenvalue weighted by molar-refractivity contribution is -0.142. The van der Waals surface area contributed by atoms with Gasteiger partial charge in [0.1, 0.15) is 11.7 Å².